The minimum Gasteiger partial charge on any atom is -0.507 e. The molecular formula is C11H6Cl3N3O2. The molecule has 0 fully saturated rings. The summed E-state index contributed by atoms with van der Waals surface area (Å²) in [6, 6.07) is 4.09. The van der Waals surface area contributed by atoms with Gasteiger partial charge in [-0.15, -0.1) is 0 Å². The van der Waals surface area contributed by atoms with Crippen molar-refractivity contribution in [1.82, 2.24) is 9.97 Å². The van der Waals surface area contributed by atoms with Gasteiger partial charge < -0.3 is 10.4 Å². The van der Waals surface area contributed by atoms with E-state index in [0.29, 0.717) is 5.02 Å². The van der Waals surface area contributed by atoms with Gasteiger partial charge in [-0.3, -0.25) is 4.79 Å². The normalized spacial score (nSPS) is 10.3. The molecule has 2 rings (SSSR count). The number of carbonyl (C=O) groups is 1. The Morgan fingerprint density at radius 1 is 1.21 bits per heavy atom. The van der Waals surface area contributed by atoms with E-state index in [0.717, 1.165) is 6.33 Å². The van der Waals surface area contributed by atoms with Gasteiger partial charge in [0.25, 0.3) is 5.91 Å². The predicted molar refractivity (Wildman–Crippen MR) is 73.1 cm³/mol. The van der Waals surface area contributed by atoms with Crippen LogP contribution in [-0.4, -0.2) is 21.0 Å². The Bertz CT molecular complexity index is 649. The third kappa shape index (κ3) is 3.07. The van der Waals surface area contributed by atoms with E-state index in [2.05, 4.69) is 15.3 Å². The van der Waals surface area contributed by atoms with Crippen LogP contribution in [0.5, 0.6) is 5.75 Å². The summed E-state index contributed by atoms with van der Waals surface area (Å²) < 4.78 is 0. The predicted octanol–water partition coefficient (Wildman–Crippen LogP) is 3.39. The number of aromatic hydroxyl groups is 1. The topological polar surface area (TPSA) is 75.1 Å². The highest BCUT2D eigenvalue weighted by atomic mass is 35.5. The Kier molecular flexibility index (Phi) is 4.09. The van der Waals surface area contributed by atoms with Crippen molar-refractivity contribution in [3.8, 4) is 5.75 Å². The molecule has 5 nitrogen and oxygen atoms in total. The highest BCUT2D eigenvalue weighted by Crippen LogP contribution is 2.27. The second-order valence-corrected chi connectivity index (χ2v) is 4.62. The lowest BCUT2D eigenvalue weighted by molar-refractivity contribution is 0.102. The number of benzene rings is 1. The Morgan fingerprint density at radius 2 is 1.95 bits per heavy atom. The number of rotatable bonds is 2. The molecule has 1 aromatic carbocycles. The number of carbonyl (C=O) groups excluding carboxylic acids is 1. The molecule has 0 radical (unpaired) electrons. The summed E-state index contributed by atoms with van der Waals surface area (Å²) in [5.74, 6) is -0.777. The van der Waals surface area contributed by atoms with Crippen molar-refractivity contribution >= 4 is 46.5 Å². The fourth-order valence-corrected chi connectivity index (χ4v) is 1.75. The Labute approximate surface area is 123 Å². The van der Waals surface area contributed by atoms with E-state index in [1.54, 1.807) is 0 Å². The van der Waals surface area contributed by atoms with E-state index < -0.39 is 5.91 Å². The Morgan fingerprint density at radius 3 is 2.68 bits per heavy atom. The molecule has 1 amide bonds. The number of anilines is 1. The lowest BCUT2D eigenvalue weighted by Crippen LogP contribution is -2.13. The molecule has 0 atom stereocenters. The van der Waals surface area contributed by atoms with Crippen molar-refractivity contribution in [1.29, 1.82) is 0 Å². The van der Waals surface area contributed by atoms with Gasteiger partial charge in [0, 0.05) is 5.02 Å². The number of phenols is 1. The second kappa shape index (κ2) is 5.61. The number of phenolic OH excluding ortho intramolecular Hbond substituents is 1. The largest absolute Gasteiger partial charge is 0.507 e. The van der Waals surface area contributed by atoms with Crippen molar-refractivity contribution in [3.63, 3.8) is 0 Å². The zero-order chi connectivity index (χ0) is 14.0. The van der Waals surface area contributed by atoms with Gasteiger partial charge >= 0.3 is 0 Å². The maximum absolute atomic E-state index is 12.0. The van der Waals surface area contributed by atoms with Crippen molar-refractivity contribution in [2.24, 2.45) is 0 Å². The molecule has 1 aromatic heterocycles. The van der Waals surface area contributed by atoms with E-state index in [1.807, 2.05) is 0 Å². The van der Waals surface area contributed by atoms with Gasteiger partial charge in [-0.25, -0.2) is 9.97 Å². The van der Waals surface area contributed by atoms with Crippen molar-refractivity contribution < 1.29 is 9.90 Å². The molecule has 0 spiro atoms. The van der Waals surface area contributed by atoms with Crippen LogP contribution in [0.25, 0.3) is 0 Å². The molecule has 0 aliphatic rings. The Hall–Kier alpha value is -1.56. The lowest BCUT2D eigenvalue weighted by atomic mass is 10.2. The summed E-state index contributed by atoms with van der Waals surface area (Å²) >= 11 is 17.3. The monoisotopic (exact) mass is 317 g/mol. The molecule has 1 heterocycles. The van der Waals surface area contributed by atoms with Crippen LogP contribution >= 0.6 is 34.8 Å². The molecule has 0 saturated heterocycles. The number of aromatic nitrogens is 2. The van der Waals surface area contributed by atoms with E-state index >= 15 is 0 Å². The molecular weight excluding hydrogens is 312 g/mol. The van der Waals surface area contributed by atoms with Crippen molar-refractivity contribution in [3.05, 3.63) is 45.3 Å². The first-order chi connectivity index (χ1) is 8.99. The molecule has 98 valence electrons. The van der Waals surface area contributed by atoms with Gasteiger partial charge in [0.1, 0.15) is 17.1 Å². The molecule has 0 bridgehead atoms. The maximum atomic E-state index is 12.0. The molecule has 2 N–H and O–H groups in total. The van der Waals surface area contributed by atoms with Crippen LogP contribution in [0.1, 0.15) is 10.4 Å². The summed E-state index contributed by atoms with van der Waals surface area (Å²) in [5.41, 5.74) is -0.00157. The molecule has 2 aromatic rings. The molecule has 0 unspecified atom stereocenters. The van der Waals surface area contributed by atoms with Crippen LogP contribution in [0, 0.1) is 0 Å². The summed E-state index contributed by atoms with van der Waals surface area (Å²) in [6.07, 6.45) is 1.15. The third-order valence-electron chi connectivity index (χ3n) is 2.18. The summed E-state index contributed by atoms with van der Waals surface area (Å²) in [4.78, 5) is 19.4. The maximum Gasteiger partial charge on any atom is 0.260 e. The number of hydrogen-bond acceptors (Lipinski definition) is 4. The molecule has 19 heavy (non-hydrogen) atoms. The van der Waals surface area contributed by atoms with Gasteiger partial charge in [-0.2, -0.15) is 0 Å². The number of nitrogens with one attached hydrogen (secondary N) is 1. The average Bonchev–Trinajstić information content (AvgIpc) is 2.38. The lowest BCUT2D eigenvalue weighted by Gasteiger charge is -2.08. The summed E-state index contributed by atoms with van der Waals surface area (Å²) in [5, 5.41) is 12.3. The van der Waals surface area contributed by atoms with Gasteiger partial charge in [0.05, 0.1) is 5.56 Å². The SMILES string of the molecule is O=C(Nc1ncnc(Cl)c1Cl)c1cc(Cl)ccc1O. The minimum absolute atomic E-state index is 0.00157. The van der Waals surface area contributed by atoms with E-state index in [9.17, 15) is 9.90 Å². The van der Waals surface area contributed by atoms with E-state index in [4.69, 9.17) is 34.8 Å². The quantitative estimate of drug-likeness (QED) is 0.832. The number of hydrogen-bond donors (Lipinski definition) is 2. The fraction of sp³-hybridized carbons (Fsp3) is 0. The second-order valence-electron chi connectivity index (χ2n) is 3.44. The molecule has 0 saturated carbocycles. The fourth-order valence-electron chi connectivity index (χ4n) is 1.30. The Balaban J connectivity index is 2.31. The molecule has 0 aliphatic heterocycles. The number of halogens is 3. The molecule has 0 aliphatic carbocycles. The van der Waals surface area contributed by atoms with Crippen LogP contribution in [0.2, 0.25) is 15.2 Å². The van der Waals surface area contributed by atoms with Gasteiger partial charge in [-0.1, -0.05) is 34.8 Å². The summed E-state index contributed by atoms with van der Waals surface area (Å²) in [6.45, 7) is 0. The highest BCUT2D eigenvalue weighted by molar-refractivity contribution is 6.43. The number of amides is 1. The summed E-state index contributed by atoms with van der Waals surface area (Å²) in [7, 11) is 0. The first-order valence-electron chi connectivity index (χ1n) is 4.95. The zero-order valence-corrected chi connectivity index (χ0v) is 11.5. The van der Waals surface area contributed by atoms with Crippen LogP contribution in [0.4, 0.5) is 5.82 Å². The van der Waals surface area contributed by atoms with Crippen LogP contribution < -0.4 is 5.32 Å². The van der Waals surface area contributed by atoms with E-state index in [1.165, 1.54) is 18.2 Å². The van der Waals surface area contributed by atoms with Gasteiger partial charge in [-0.05, 0) is 18.2 Å². The minimum atomic E-state index is -0.614. The highest BCUT2D eigenvalue weighted by Gasteiger charge is 2.15. The third-order valence-corrected chi connectivity index (χ3v) is 3.16. The average molecular weight is 319 g/mol. The standard InChI is InChI=1S/C11H6Cl3N3O2/c12-5-1-2-7(18)6(3-5)11(19)17-10-8(13)9(14)15-4-16-10/h1-4,18H,(H,15,16,17,19). The van der Waals surface area contributed by atoms with Crippen molar-refractivity contribution in [2.75, 3.05) is 5.32 Å². The first-order valence-corrected chi connectivity index (χ1v) is 6.08. The van der Waals surface area contributed by atoms with Gasteiger partial charge in [0.2, 0.25) is 0 Å². The van der Waals surface area contributed by atoms with Gasteiger partial charge in [0.15, 0.2) is 11.0 Å². The number of nitrogens with zero attached hydrogens (tertiary/aromatic N) is 2. The van der Waals surface area contributed by atoms with Crippen molar-refractivity contribution in [2.45, 2.75) is 0 Å². The van der Waals surface area contributed by atoms with Crippen LogP contribution in [0.15, 0.2) is 24.5 Å². The van der Waals surface area contributed by atoms with E-state index in [-0.39, 0.29) is 27.3 Å². The van der Waals surface area contributed by atoms with Crippen LogP contribution in [-0.2, 0) is 0 Å². The zero-order valence-electron chi connectivity index (χ0n) is 9.19. The first kappa shape index (κ1) is 13.9. The van der Waals surface area contributed by atoms with Crippen LogP contribution in [0.3, 0.4) is 0 Å². The smallest absolute Gasteiger partial charge is 0.260 e. The molecule has 8 heteroatoms.